The summed E-state index contributed by atoms with van der Waals surface area (Å²) in [5.41, 5.74) is 0. The molecule has 0 aromatic rings. The first-order chi connectivity index (χ1) is 4.70. The zero-order valence-electron chi connectivity index (χ0n) is 7.01. The summed E-state index contributed by atoms with van der Waals surface area (Å²) >= 11 is 4.52. The molecule has 0 radical (unpaired) electrons. The van der Waals surface area contributed by atoms with Crippen LogP contribution in [0, 0.1) is 11.8 Å². The molecule has 2 atom stereocenters. The van der Waals surface area contributed by atoms with Gasteiger partial charge in [-0.15, -0.1) is 0 Å². The predicted octanol–water partition coefficient (Wildman–Crippen LogP) is 3.13. The first-order valence-corrected chi connectivity index (χ1v) is 4.90. The lowest BCUT2D eigenvalue weighted by Crippen LogP contribution is -2.19. The Labute approximate surface area is 69.8 Å². The Morgan fingerprint density at radius 1 is 1.30 bits per heavy atom. The lowest BCUT2D eigenvalue weighted by Gasteiger charge is -2.28. The molecule has 0 heterocycles. The van der Waals surface area contributed by atoms with E-state index in [2.05, 4.69) is 26.5 Å². The highest BCUT2D eigenvalue weighted by atomic mass is 32.1. The topological polar surface area (TPSA) is 0 Å². The first-order valence-electron chi connectivity index (χ1n) is 4.38. The van der Waals surface area contributed by atoms with Crippen molar-refractivity contribution in [1.82, 2.24) is 0 Å². The first kappa shape index (κ1) is 8.45. The second-order valence-corrected chi connectivity index (χ2v) is 4.55. The quantitative estimate of drug-likeness (QED) is 0.557. The van der Waals surface area contributed by atoms with Crippen LogP contribution in [0.5, 0.6) is 0 Å². The number of rotatable bonds is 1. The number of hydrogen-bond acceptors (Lipinski definition) is 1. The maximum absolute atomic E-state index is 4.52. The third-order valence-corrected chi connectivity index (χ3v) is 3.10. The second-order valence-electron chi connectivity index (χ2n) is 3.82. The Balaban J connectivity index is 2.32. The van der Waals surface area contributed by atoms with Crippen LogP contribution in [-0.4, -0.2) is 5.25 Å². The molecule has 0 nitrogen and oxygen atoms in total. The van der Waals surface area contributed by atoms with Gasteiger partial charge in [0.15, 0.2) is 0 Å². The summed E-state index contributed by atoms with van der Waals surface area (Å²) in [4.78, 5) is 0. The van der Waals surface area contributed by atoms with Crippen LogP contribution < -0.4 is 0 Å². The average Bonchev–Trinajstić information content (AvgIpc) is 1.88. The lowest BCUT2D eigenvalue weighted by atomic mass is 9.81. The van der Waals surface area contributed by atoms with Gasteiger partial charge in [0.1, 0.15) is 0 Å². The van der Waals surface area contributed by atoms with E-state index in [-0.39, 0.29) is 0 Å². The summed E-state index contributed by atoms with van der Waals surface area (Å²) in [6.07, 6.45) is 5.53. The maximum atomic E-state index is 4.52. The van der Waals surface area contributed by atoms with Crippen molar-refractivity contribution in [3.8, 4) is 0 Å². The molecule has 60 valence electrons. The molecule has 1 rings (SSSR count). The minimum Gasteiger partial charge on any atom is -0.176 e. The highest BCUT2D eigenvalue weighted by molar-refractivity contribution is 7.80. The molecule has 1 aliphatic rings. The monoisotopic (exact) mass is 158 g/mol. The SMILES string of the molecule is CC(C)C1CCCC(S)C1. The summed E-state index contributed by atoms with van der Waals surface area (Å²) in [6, 6.07) is 0. The standard InChI is InChI=1S/C9H18S/c1-7(2)8-4-3-5-9(10)6-8/h7-10H,3-6H2,1-2H3. The molecule has 0 aromatic carbocycles. The number of thiol groups is 1. The molecule has 10 heavy (non-hydrogen) atoms. The fourth-order valence-electron chi connectivity index (χ4n) is 1.81. The van der Waals surface area contributed by atoms with Gasteiger partial charge < -0.3 is 0 Å². The molecule has 1 aliphatic carbocycles. The van der Waals surface area contributed by atoms with Crippen LogP contribution in [-0.2, 0) is 0 Å². The molecule has 0 N–H and O–H groups in total. The van der Waals surface area contributed by atoms with Crippen LogP contribution in [0.2, 0.25) is 0 Å². The van der Waals surface area contributed by atoms with Crippen LogP contribution in [0.1, 0.15) is 39.5 Å². The summed E-state index contributed by atoms with van der Waals surface area (Å²) in [6.45, 7) is 4.66. The Morgan fingerprint density at radius 2 is 2.00 bits per heavy atom. The van der Waals surface area contributed by atoms with Crippen molar-refractivity contribution < 1.29 is 0 Å². The Bertz CT molecular complexity index is 98.9. The van der Waals surface area contributed by atoms with E-state index in [0.717, 1.165) is 11.8 Å². The minimum absolute atomic E-state index is 0.696. The van der Waals surface area contributed by atoms with E-state index in [1.54, 1.807) is 0 Å². The third kappa shape index (κ3) is 2.19. The van der Waals surface area contributed by atoms with Gasteiger partial charge in [-0.05, 0) is 24.7 Å². The summed E-state index contributed by atoms with van der Waals surface area (Å²) in [7, 11) is 0. The van der Waals surface area contributed by atoms with Crippen molar-refractivity contribution in [2.75, 3.05) is 0 Å². The molecule has 1 fully saturated rings. The summed E-state index contributed by atoms with van der Waals surface area (Å²) in [5.74, 6) is 1.83. The zero-order valence-corrected chi connectivity index (χ0v) is 7.90. The molecule has 0 saturated heterocycles. The Hall–Kier alpha value is 0.350. The molecule has 2 unspecified atom stereocenters. The molecular formula is C9H18S. The zero-order chi connectivity index (χ0) is 7.56. The van der Waals surface area contributed by atoms with Crippen molar-refractivity contribution in [2.45, 2.75) is 44.8 Å². The fraction of sp³-hybridized carbons (Fsp3) is 1.00. The minimum atomic E-state index is 0.696. The second kappa shape index (κ2) is 3.66. The van der Waals surface area contributed by atoms with Crippen LogP contribution >= 0.6 is 12.6 Å². The lowest BCUT2D eigenvalue weighted by molar-refractivity contribution is 0.285. The normalized spacial score (nSPS) is 34.8. The van der Waals surface area contributed by atoms with Gasteiger partial charge in [0.2, 0.25) is 0 Å². The average molecular weight is 158 g/mol. The Morgan fingerprint density at radius 3 is 2.40 bits per heavy atom. The fourth-order valence-corrected chi connectivity index (χ4v) is 2.26. The smallest absolute Gasteiger partial charge is 0.00195 e. The van der Waals surface area contributed by atoms with Gasteiger partial charge in [-0.3, -0.25) is 0 Å². The molecule has 0 bridgehead atoms. The maximum Gasteiger partial charge on any atom is 0.00195 e. The van der Waals surface area contributed by atoms with Gasteiger partial charge in [-0.25, -0.2) is 0 Å². The third-order valence-electron chi connectivity index (χ3n) is 2.63. The van der Waals surface area contributed by atoms with E-state index in [1.807, 2.05) is 0 Å². The van der Waals surface area contributed by atoms with E-state index in [4.69, 9.17) is 0 Å². The van der Waals surface area contributed by atoms with Crippen LogP contribution in [0.3, 0.4) is 0 Å². The highest BCUT2D eigenvalue weighted by Crippen LogP contribution is 2.32. The van der Waals surface area contributed by atoms with Gasteiger partial charge in [-0.1, -0.05) is 26.7 Å². The van der Waals surface area contributed by atoms with Crippen LogP contribution in [0.25, 0.3) is 0 Å². The molecule has 0 spiro atoms. The van der Waals surface area contributed by atoms with Gasteiger partial charge in [0, 0.05) is 5.25 Å². The van der Waals surface area contributed by atoms with Gasteiger partial charge in [0.25, 0.3) is 0 Å². The van der Waals surface area contributed by atoms with E-state index < -0.39 is 0 Å². The van der Waals surface area contributed by atoms with Crippen molar-refractivity contribution >= 4 is 12.6 Å². The predicted molar refractivity (Wildman–Crippen MR) is 49.6 cm³/mol. The van der Waals surface area contributed by atoms with Crippen LogP contribution in [0.15, 0.2) is 0 Å². The van der Waals surface area contributed by atoms with E-state index in [9.17, 15) is 0 Å². The Kier molecular flexibility index (Phi) is 3.09. The van der Waals surface area contributed by atoms with Gasteiger partial charge in [-0.2, -0.15) is 12.6 Å². The van der Waals surface area contributed by atoms with Crippen molar-refractivity contribution in [3.63, 3.8) is 0 Å². The van der Waals surface area contributed by atoms with Crippen molar-refractivity contribution in [2.24, 2.45) is 11.8 Å². The molecule has 0 amide bonds. The van der Waals surface area contributed by atoms with E-state index >= 15 is 0 Å². The van der Waals surface area contributed by atoms with Crippen molar-refractivity contribution in [3.05, 3.63) is 0 Å². The summed E-state index contributed by atoms with van der Waals surface area (Å²) in [5, 5.41) is 0.696. The van der Waals surface area contributed by atoms with E-state index in [1.165, 1.54) is 25.7 Å². The molecule has 1 saturated carbocycles. The molecule has 0 aliphatic heterocycles. The largest absolute Gasteiger partial charge is 0.176 e. The van der Waals surface area contributed by atoms with Crippen molar-refractivity contribution in [1.29, 1.82) is 0 Å². The molecular weight excluding hydrogens is 140 g/mol. The molecule has 0 aromatic heterocycles. The van der Waals surface area contributed by atoms with E-state index in [0.29, 0.717) is 5.25 Å². The van der Waals surface area contributed by atoms with Crippen LogP contribution in [0.4, 0.5) is 0 Å². The summed E-state index contributed by atoms with van der Waals surface area (Å²) < 4.78 is 0. The van der Waals surface area contributed by atoms with Gasteiger partial charge in [0.05, 0.1) is 0 Å². The number of hydrogen-bond donors (Lipinski definition) is 1. The highest BCUT2D eigenvalue weighted by Gasteiger charge is 2.21. The molecule has 1 heteroatoms. The van der Waals surface area contributed by atoms with Gasteiger partial charge >= 0.3 is 0 Å².